The van der Waals surface area contributed by atoms with E-state index in [1.54, 1.807) is 24.3 Å². The Morgan fingerprint density at radius 3 is 2.59 bits per heavy atom. The lowest BCUT2D eigenvalue weighted by Crippen LogP contribution is -2.34. The molecule has 3 heterocycles. The second-order valence-corrected chi connectivity index (χ2v) is 11.5. The van der Waals surface area contributed by atoms with Crippen molar-refractivity contribution in [3.8, 4) is 5.00 Å². The van der Waals surface area contributed by atoms with Crippen LogP contribution in [0.2, 0.25) is 0 Å². The van der Waals surface area contributed by atoms with Gasteiger partial charge in [-0.2, -0.15) is 0 Å². The molecule has 0 radical (unpaired) electrons. The molecule has 3 aromatic rings. The van der Waals surface area contributed by atoms with E-state index >= 15 is 0 Å². The maximum absolute atomic E-state index is 13.6. The number of anilines is 1. The van der Waals surface area contributed by atoms with Gasteiger partial charge >= 0.3 is 5.97 Å². The first-order valence-corrected chi connectivity index (χ1v) is 14.5. The van der Waals surface area contributed by atoms with Crippen LogP contribution in [0.4, 0.5) is 10.5 Å². The summed E-state index contributed by atoms with van der Waals surface area (Å²) in [6, 6.07) is 11.4. The molecule has 2 aliphatic rings. The molecule has 1 aliphatic heterocycles. The number of fused-ring (bicyclic) bond motifs is 1. The highest BCUT2D eigenvalue weighted by atomic mass is 32.2. The molecule has 0 spiro atoms. The van der Waals surface area contributed by atoms with Crippen molar-refractivity contribution in [1.29, 1.82) is 0 Å². The van der Waals surface area contributed by atoms with E-state index in [0.717, 1.165) is 75.5 Å². The molecule has 1 fully saturated rings. The van der Waals surface area contributed by atoms with Crippen molar-refractivity contribution in [1.82, 2.24) is 9.47 Å². The van der Waals surface area contributed by atoms with Crippen LogP contribution in [-0.2, 0) is 27.2 Å². The number of hydrogen-bond acceptors (Lipinski definition) is 7. The Morgan fingerprint density at radius 1 is 1.10 bits per heavy atom. The minimum Gasteiger partial charge on any atom is -0.465 e. The number of aryl methyl sites for hydroxylation is 2. The molecule has 0 atom stereocenters. The van der Waals surface area contributed by atoms with Gasteiger partial charge in [0.2, 0.25) is 0 Å². The zero-order valence-electron chi connectivity index (χ0n) is 22.0. The number of thiophene rings is 1. The number of benzene rings is 1. The Hall–Kier alpha value is -3.63. The van der Waals surface area contributed by atoms with Gasteiger partial charge in [0.05, 0.1) is 17.1 Å². The molecule has 0 bridgehead atoms. The van der Waals surface area contributed by atoms with Crippen LogP contribution >= 0.6 is 23.1 Å². The van der Waals surface area contributed by atoms with Gasteiger partial charge in [-0.15, -0.1) is 11.3 Å². The van der Waals surface area contributed by atoms with E-state index in [0.29, 0.717) is 5.56 Å². The van der Waals surface area contributed by atoms with Crippen molar-refractivity contribution in [2.24, 2.45) is 0 Å². The highest BCUT2D eigenvalue weighted by Gasteiger charge is 2.37. The van der Waals surface area contributed by atoms with E-state index < -0.39 is 23.7 Å². The summed E-state index contributed by atoms with van der Waals surface area (Å²) in [5.41, 5.74) is 5.10. The molecule has 202 valence electrons. The molecule has 1 aromatic carbocycles. The van der Waals surface area contributed by atoms with Crippen LogP contribution in [0.3, 0.4) is 0 Å². The number of hydrogen-bond donors (Lipinski definition) is 1. The van der Waals surface area contributed by atoms with Crippen LogP contribution in [0.1, 0.15) is 57.5 Å². The van der Waals surface area contributed by atoms with E-state index in [9.17, 15) is 19.2 Å². The third kappa shape index (κ3) is 5.31. The number of thioether (sulfide) groups is 1. The minimum atomic E-state index is -0.623. The number of amides is 3. The number of carbonyl (C=O) groups is 4. The highest BCUT2D eigenvalue weighted by molar-refractivity contribution is 8.18. The summed E-state index contributed by atoms with van der Waals surface area (Å²) in [5, 5.41) is 3.42. The van der Waals surface area contributed by atoms with Gasteiger partial charge < -0.3 is 14.6 Å². The van der Waals surface area contributed by atoms with Gasteiger partial charge in [0.25, 0.3) is 17.1 Å². The summed E-state index contributed by atoms with van der Waals surface area (Å²) in [4.78, 5) is 53.3. The lowest BCUT2D eigenvalue weighted by molar-refractivity contribution is -0.145. The standard InChI is InChI=1S/C29H29N3O5S2/c1-4-37-24(33)16-31-27(35)23(39-29(31)36)15-19-14-17(2)32(18(19)3)28-25(21-12-8-9-13-22(21)38-28)26(34)30-20-10-6-5-7-11-20/h5-7,10-11,14-15H,4,8-9,12-13,16H2,1-3H3,(H,30,34)/b23-15+. The summed E-state index contributed by atoms with van der Waals surface area (Å²) >= 11 is 2.45. The number of para-hydroxylation sites is 1. The first-order valence-electron chi connectivity index (χ1n) is 12.9. The lowest BCUT2D eigenvalue weighted by Gasteiger charge is -2.14. The van der Waals surface area contributed by atoms with Crippen molar-refractivity contribution in [2.75, 3.05) is 18.5 Å². The predicted octanol–water partition coefficient (Wildman–Crippen LogP) is 5.89. The van der Waals surface area contributed by atoms with Crippen molar-refractivity contribution in [2.45, 2.75) is 46.5 Å². The van der Waals surface area contributed by atoms with Crippen LogP contribution in [0.15, 0.2) is 41.3 Å². The first-order chi connectivity index (χ1) is 18.8. The molecule has 0 saturated carbocycles. The topological polar surface area (TPSA) is 97.7 Å². The number of carbonyl (C=O) groups excluding carboxylic acids is 4. The number of imide groups is 1. The molecule has 1 N–H and O–H groups in total. The third-order valence-corrected chi connectivity index (χ3v) is 9.02. The lowest BCUT2D eigenvalue weighted by atomic mass is 9.95. The van der Waals surface area contributed by atoms with Gasteiger partial charge in [0.15, 0.2) is 0 Å². The molecule has 1 saturated heterocycles. The van der Waals surface area contributed by atoms with Crippen molar-refractivity contribution in [3.63, 3.8) is 0 Å². The normalized spacial score (nSPS) is 16.1. The summed E-state index contributed by atoms with van der Waals surface area (Å²) in [7, 11) is 0. The number of esters is 1. The van der Waals surface area contributed by atoms with E-state index in [1.165, 1.54) is 4.88 Å². The summed E-state index contributed by atoms with van der Waals surface area (Å²) in [6.45, 7) is 5.35. The van der Waals surface area contributed by atoms with E-state index in [1.807, 2.05) is 50.2 Å². The van der Waals surface area contributed by atoms with Crippen LogP contribution in [0.5, 0.6) is 0 Å². The predicted molar refractivity (Wildman–Crippen MR) is 153 cm³/mol. The van der Waals surface area contributed by atoms with E-state index in [4.69, 9.17) is 4.74 Å². The van der Waals surface area contributed by atoms with Gasteiger partial charge in [0.1, 0.15) is 11.5 Å². The maximum atomic E-state index is 13.6. The fourth-order valence-electron chi connectivity index (χ4n) is 5.02. The van der Waals surface area contributed by atoms with Crippen molar-refractivity contribution >= 4 is 57.9 Å². The van der Waals surface area contributed by atoms with Crippen LogP contribution in [0.25, 0.3) is 11.1 Å². The smallest absolute Gasteiger partial charge is 0.326 e. The average molecular weight is 564 g/mol. The quantitative estimate of drug-likeness (QED) is 0.285. The third-order valence-electron chi connectivity index (χ3n) is 6.84. The van der Waals surface area contributed by atoms with Crippen molar-refractivity contribution < 1.29 is 23.9 Å². The monoisotopic (exact) mass is 563 g/mol. The number of rotatable bonds is 7. The molecular weight excluding hydrogens is 534 g/mol. The number of aromatic nitrogens is 1. The molecule has 3 amide bonds. The van der Waals surface area contributed by atoms with Crippen LogP contribution in [-0.4, -0.2) is 45.6 Å². The van der Waals surface area contributed by atoms with Gasteiger partial charge in [-0.05, 0) is 93.6 Å². The maximum Gasteiger partial charge on any atom is 0.326 e. The SMILES string of the molecule is CCOC(=O)CN1C(=O)S/C(=C/c2cc(C)n(-c3sc4c(c3C(=O)Nc3ccccc3)CCCC4)c2C)C1=O. The average Bonchev–Trinajstić information content (AvgIpc) is 3.51. The Bertz CT molecular complexity index is 1500. The van der Waals surface area contributed by atoms with Crippen molar-refractivity contribution in [3.05, 3.63) is 74.3 Å². The summed E-state index contributed by atoms with van der Waals surface area (Å²) in [6.07, 6.45) is 5.65. The van der Waals surface area contributed by atoms with Gasteiger partial charge in [-0.25, -0.2) is 0 Å². The minimum absolute atomic E-state index is 0.135. The molecule has 39 heavy (non-hydrogen) atoms. The Balaban J connectivity index is 1.51. The van der Waals surface area contributed by atoms with Gasteiger partial charge in [0, 0.05) is 22.0 Å². The fraction of sp³-hybridized carbons (Fsp3) is 0.310. The molecule has 8 nitrogen and oxygen atoms in total. The zero-order valence-corrected chi connectivity index (χ0v) is 23.7. The Kier molecular flexibility index (Phi) is 7.76. The van der Waals surface area contributed by atoms with Gasteiger partial charge in [-0.3, -0.25) is 24.1 Å². The van der Waals surface area contributed by atoms with Gasteiger partial charge in [-0.1, -0.05) is 18.2 Å². The Morgan fingerprint density at radius 2 is 1.85 bits per heavy atom. The summed E-state index contributed by atoms with van der Waals surface area (Å²) in [5.74, 6) is -1.27. The second kappa shape index (κ2) is 11.2. The highest BCUT2D eigenvalue weighted by Crippen LogP contribution is 2.40. The van der Waals surface area contributed by atoms with Crippen LogP contribution in [0, 0.1) is 13.8 Å². The Labute approximate surface area is 235 Å². The molecule has 1 aliphatic carbocycles. The first kappa shape index (κ1) is 27.0. The largest absolute Gasteiger partial charge is 0.465 e. The van der Waals surface area contributed by atoms with E-state index in [-0.39, 0.29) is 17.4 Å². The number of nitrogens with one attached hydrogen (secondary N) is 1. The molecule has 0 unspecified atom stereocenters. The number of ether oxygens (including phenoxy) is 1. The molecule has 5 rings (SSSR count). The van der Waals surface area contributed by atoms with Crippen LogP contribution < -0.4 is 5.32 Å². The fourth-order valence-corrected chi connectivity index (χ4v) is 7.34. The van der Waals surface area contributed by atoms with E-state index in [2.05, 4.69) is 9.88 Å². The zero-order chi connectivity index (χ0) is 27.7. The molecular formula is C29H29N3O5S2. The molecule has 2 aromatic heterocycles. The summed E-state index contributed by atoms with van der Waals surface area (Å²) < 4.78 is 6.96. The molecule has 10 heteroatoms. The second-order valence-electron chi connectivity index (χ2n) is 9.45. The number of nitrogens with zero attached hydrogens (tertiary/aromatic N) is 2.